The molecule has 0 saturated carbocycles. The van der Waals surface area contributed by atoms with Crippen molar-refractivity contribution in [3.05, 3.63) is 77.7 Å². The van der Waals surface area contributed by atoms with Crippen molar-refractivity contribution in [2.24, 2.45) is 0 Å². The molecule has 1 atom stereocenters. The third kappa shape index (κ3) is 4.67. The molecule has 0 bridgehead atoms. The van der Waals surface area contributed by atoms with Crippen molar-refractivity contribution in [1.29, 1.82) is 0 Å². The smallest absolute Gasteiger partial charge is 0.361 e. The Balaban J connectivity index is 1.86. The minimum absolute atomic E-state index is 0.0440. The van der Waals surface area contributed by atoms with Gasteiger partial charge in [0, 0.05) is 18.2 Å². The Hall–Kier alpha value is -3.94. The van der Waals surface area contributed by atoms with E-state index in [0.29, 0.717) is 11.1 Å². The predicted octanol–water partition coefficient (Wildman–Crippen LogP) is 3.00. The molecular weight excluding hydrogens is 374 g/mol. The zero-order valence-corrected chi connectivity index (χ0v) is 15.8. The fourth-order valence-electron chi connectivity index (χ4n) is 2.59. The normalized spacial score (nSPS) is 11.4. The number of carbonyl (C=O) groups excluding carboxylic acids is 3. The molecule has 0 aliphatic heterocycles. The highest BCUT2D eigenvalue weighted by atomic mass is 16.5. The molecule has 0 spiro atoms. The van der Waals surface area contributed by atoms with Gasteiger partial charge in [-0.3, -0.25) is 10.1 Å². The summed E-state index contributed by atoms with van der Waals surface area (Å²) in [7, 11) is 1.37. The molecule has 3 rings (SSSR count). The number of imide groups is 1. The number of rotatable bonds is 5. The molecule has 2 N–H and O–H groups in total. The number of esters is 1. The van der Waals surface area contributed by atoms with E-state index in [-0.39, 0.29) is 17.3 Å². The molecule has 8 heteroatoms. The highest BCUT2D eigenvalue weighted by Crippen LogP contribution is 2.24. The molecule has 1 heterocycles. The molecule has 148 valence electrons. The summed E-state index contributed by atoms with van der Waals surface area (Å²) in [6.07, 6.45) is -1.34. The second-order valence-electron chi connectivity index (χ2n) is 6.05. The van der Waals surface area contributed by atoms with Crippen LogP contribution in [0.4, 0.5) is 4.79 Å². The van der Waals surface area contributed by atoms with Gasteiger partial charge in [0.05, 0.1) is 0 Å². The Morgan fingerprint density at radius 2 is 1.62 bits per heavy atom. The summed E-state index contributed by atoms with van der Waals surface area (Å²) in [4.78, 5) is 41.0. The van der Waals surface area contributed by atoms with Crippen molar-refractivity contribution in [3.63, 3.8) is 0 Å². The van der Waals surface area contributed by atoms with Crippen LogP contribution in [0.2, 0.25) is 0 Å². The van der Waals surface area contributed by atoms with E-state index in [9.17, 15) is 14.4 Å². The van der Waals surface area contributed by atoms with Gasteiger partial charge in [0.25, 0.3) is 5.91 Å². The molecule has 8 nitrogen and oxygen atoms in total. The van der Waals surface area contributed by atoms with Crippen LogP contribution in [0, 0.1) is 6.92 Å². The average molecular weight is 393 g/mol. The Labute approximate surface area is 166 Å². The number of carbonyl (C=O) groups is 3. The van der Waals surface area contributed by atoms with Gasteiger partial charge in [-0.05, 0) is 19.1 Å². The molecule has 29 heavy (non-hydrogen) atoms. The Bertz CT molecular complexity index is 1020. The van der Waals surface area contributed by atoms with Gasteiger partial charge in [-0.25, -0.2) is 14.6 Å². The number of aromatic nitrogens is 1. The maximum atomic E-state index is 12.7. The van der Waals surface area contributed by atoms with E-state index in [4.69, 9.17) is 9.15 Å². The second-order valence-corrected chi connectivity index (χ2v) is 6.05. The van der Waals surface area contributed by atoms with Gasteiger partial charge < -0.3 is 14.5 Å². The van der Waals surface area contributed by atoms with Crippen LogP contribution in [0.1, 0.15) is 27.9 Å². The van der Waals surface area contributed by atoms with Gasteiger partial charge in [-0.2, -0.15) is 0 Å². The molecule has 0 aliphatic rings. The summed E-state index contributed by atoms with van der Waals surface area (Å²) < 4.78 is 11.0. The summed E-state index contributed by atoms with van der Waals surface area (Å²) in [5.74, 6) is -1.10. The maximum Gasteiger partial charge on any atom is 0.361 e. The number of hydrogen-bond acceptors (Lipinski definition) is 6. The van der Waals surface area contributed by atoms with Crippen molar-refractivity contribution >= 4 is 17.9 Å². The topological polar surface area (TPSA) is 111 Å². The first-order chi connectivity index (χ1) is 14.0. The first kappa shape index (κ1) is 19.8. The van der Waals surface area contributed by atoms with Crippen LogP contribution in [0.5, 0.6) is 0 Å². The van der Waals surface area contributed by atoms with Crippen LogP contribution in [-0.4, -0.2) is 29.9 Å². The van der Waals surface area contributed by atoms with E-state index in [2.05, 4.69) is 15.6 Å². The standard InChI is InChI=1S/C21H19N3O5/c1-13-16(23-19(28-13)15-11-7-4-8-12-15)20(26)29-17(14-9-5-3-6-10-14)18(25)24-21(27)22-2/h3-12,17H,1-2H3,(H2,22,24,25,27)/t17-/m0/s1. The van der Waals surface area contributed by atoms with E-state index in [1.807, 2.05) is 18.2 Å². The molecule has 3 amide bonds. The van der Waals surface area contributed by atoms with E-state index in [0.717, 1.165) is 0 Å². The third-order valence-electron chi connectivity index (χ3n) is 4.04. The molecule has 0 aliphatic carbocycles. The summed E-state index contributed by atoms with van der Waals surface area (Å²) in [6, 6.07) is 16.7. The van der Waals surface area contributed by atoms with Crippen LogP contribution in [0.25, 0.3) is 11.5 Å². The molecule has 3 aromatic rings. The van der Waals surface area contributed by atoms with Gasteiger partial charge >= 0.3 is 12.0 Å². The lowest BCUT2D eigenvalue weighted by molar-refractivity contribution is -0.129. The molecular formula is C21H19N3O5. The Morgan fingerprint density at radius 3 is 2.24 bits per heavy atom. The van der Waals surface area contributed by atoms with Crippen LogP contribution in [0.3, 0.4) is 0 Å². The van der Waals surface area contributed by atoms with E-state index in [1.165, 1.54) is 7.05 Å². The fraction of sp³-hybridized carbons (Fsp3) is 0.143. The number of benzene rings is 2. The second kappa shape index (κ2) is 8.83. The first-order valence-corrected chi connectivity index (χ1v) is 8.81. The number of ether oxygens (including phenoxy) is 1. The lowest BCUT2D eigenvalue weighted by Gasteiger charge is -2.17. The average Bonchev–Trinajstić information content (AvgIpc) is 3.14. The highest BCUT2D eigenvalue weighted by molar-refractivity contribution is 5.99. The maximum absolute atomic E-state index is 12.7. The largest absolute Gasteiger partial charge is 0.442 e. The van der Waals surface area contributed by atoms with Gasteiger partial charge in [-0.1, -0.05) is 48.5 Å². The summed E-state index contributed by atoms with van der Waals surface area (Å²) in [5.41, 5.74) is 1.07. The van der Waals surface area contributed by atoms with Gasteiger partial charge in [0.15, 0.2) is 5.69 Å². The number of aryl methyl sites for hydroxylation is 1. The quantitative estimate of drug-likeness (QED) is 0.645. The summed E-state index contributed by atoms with van der Waals surface area (Å²) in [5, 5.41) is 4.40. The van der Waals surface area contributed by atoms with Crippen LogP contribution in [-0.2, 0) is 9.53 Å². The van der Waals surface area contributed by atoms with Crippen LogP contribution < -0.4 is 10.6 Å². The first-order valence-electron chi connectivity index (χ1n) is 8.81. The Morgan fingerprint density at radius 1 is 1.00 bits per heavy atom. The van der Waals surface area contributed by atoms with Crippen molar-refractivity contribution in [1.82, 2.24) is 15.6 Å². The number of hydrogen-bond donors (Lipinski definition) is 2. The van der Waals surface area contributed by atoms with E-state index < -0.39 is 24.0 Å². The number of amides is 3. The lowest BCUT2D eigenvalue weighted by Crippen LogP contribution is -2.41. The SMILES string of the molecule is CNC(=O)NC(=O)[C@@H](OC(=O)c1nc(-c2ccccc2)oc1C)c1ccccc1. The van der Waals surface area contributed by atoms with E-state index >= 15 is 0 Å². The number of nitrogens with zero attached hydrogens (tertiary/aromatic N) is 1. The van der Waals surface area contributed by atoms with Gasteiger partial charge in [0.1, 0.15) is 5.76 Å². The zero-order chi connectivity index (χ0) is 20.8. The molecule has 0 fully saturated rings. The lowest BCUT2D eigenvalue weighted by atomic mass is 10.1. The van der Waals surface area contributed by atoms with Gasteiger partial charge in [0.2, 0.25) is 12.0 Å². The minimum Gasteiger partial charge on any atom is -0.442 e. The van der Waals surface area contributed by atoms with Crippen LogP contribution in [0.15, 0.2) is 65.1 Å². The fourth-order valence-corrected chi connectivity index (χ4v) is 2.59. The monoisotopic (exact) mass is 393 g/mol. The molecule has 0 radical (unpaired) electrons. The predicted molar refractivity (Wildman–Crippen MR) is 104 cm³/mol. The van der Waals surface area contributed by atoms with Crippen LogP contribution >= 0.6 is 0 Å². The van der Waals surface area contributed by atoms with E-state index in [1.54, 1.807) is 49.4 Å². The van der Waals surface area contributed by atoms with Crippen molar-refractivity contribution in [2.45, 2.75) is 13.0 Å². The molecule has 2 aromatic carbocycles. The van der Waals surface area contributed by atoms with Crippen molar-refractivity contribution in [3.8, 4) is 11.5 Å². The van der Waals surface area contributed by atoms with Gasteiger partial charge in [-0.15, -0.1) is 0 Å². The third-order valence-corrected chi connectivity index (χ3v) is 4.04. The number of oxazole rings is 1. The van der Waals surface area contributed by atoms with Crippen molar-refractivity contribution in [2.75, 3.05) is 7.05 Å². The molecule has 0 unspecified atom stereocenters. The molecule has 0 saturated heterocycles. The summed E-state index contributed by atoms with van der Waals surface area (Å²) >= 11 is 0. The summed E-state index contributed by atoms with van der Waals surface area (Å²) in [6.45, 7) is 1.58. The number of urea groups is 1. The molecule has 1 aromatic heterocycles. The highest BCUT2D eigenvalue weighted by Gasteiger charge is 2.29. The minimum atomic E-state index is -1.34. The zero-order valence-electron chi connectivity index (χ0n) is 15.8. The van der Waals surface area contributed by atoms with Crippen molar-refractivity contribution < 1.29 is 23.5 Å². The Kier molecular flexibility index (Phi) is 6.03. The number of nitrogens with one attached hydrogen (secondary N) is 2.